The largest absolute Gasteiger partial charge is 0.300 e. The number of carbonyl (C=O) groups is 1. The molecule has 0 unspecified atom stereocenters. The summed E-state index contributed by atoms with van der Waals surface area (Å²) in [4.78, 5) is 11.1. The van der Waals surface area contributed by atoms with Crippen molar-refractivity contribution in [1.82, 2.24) is 0 Å². The van der Waals surface area contributed by atoms with Crippen LogP contribution in [0, 0.1) is 6.92 Å². The molecule has 0 aliphatic carbocycles. The molecule has 0 aliphatic heterocycles. The summed E-state index contributed by atoms with van der Waals surface area (Å²) in [6.45, 7) is 5.86. The van der Waals surface area contributed by atoms with Crippen molar-refractivity contribution in [3.8, 4) is 0 Å². The van der Waals surface area contributed by atoms with Crippen molar-refractivity contribution >= 4 is 16.6 Å². The van der Waals surface area contributed by atoms with Gasteiger partial charge in [-0.25, -0.2) is 0 Å². The summed E-state index contributed by atoms with van der Waals surface area (Å²) in [5.41, 5.74) is 2.53. The highest BCUT2D eigenvalue weighted by atomic mass is 16.1. The second kappa shape index (κ2) is 4.70. The van der Waals surface area contributed by atoms with Crippen LogP contribution in [0.3, 0.4) is 0 Å². The summed E-state index contributed by atoms with van der Waals surface area (Å²) in [7, 11) is 0. The lowest BCUT2D eigenvalue weighted by Crippen LogP contribution is -2.00. The van der Waals surface area contributed by atoms with Crippen LogP contribution in [0.15, 0.2) is 36.4 Å². The van der Waals surface area contributed by atoms with E-state index >= 15 is 0 Å². The van der Waals surface area contributed by atoms with E-state index in [1.165, 1.54) is 21.9 Å². The number of hydrogen-bond donors (Lipinski definition) is 0. The minimum absolute atomic E-state index is 0.251. The third kappa shape index (κ3) is 2.73. The summed E-state index contributed by atoms with van der Waals surface area (Å²) in [6, 6.07) is 12.9. The van der Waals surface area contributed by atoms with E-state index in [0.717, 1.165) is 0 Å². The van der Waals surface area contributed by atoms with Crippen molar-refractivity contribution in [2.75, 3.05) is 0 Å². The molecule has 0 saturated heterocycles. The van der Waals surface area contributed by atoms with Crippen molar-refractivity contribution < 1.29 is 4.79 Å². The Labute approximate surface area is 102 Å². The van der Waals surface area contributed by atoms with Crippen LogP contribution in [0.4, 0.5) is 0 Å². The Hall–Kier alpha value is -1.63. The third-order valence-electron chi connectivity index (χ3n) is 3.18. The van der Waals surface area contributed by atoms with Crippen LogP contribution in [0.1, 0.15) is 37.3 Å². The first-order chi connectivity index (χ1) is 8.06. The molecule has 1 nitrogen and oxygen atoms in total. The fourth-order valence-corrected chi connectivity index (χ4v) is 2.24. The summed E-state index contributed by atoms with van der Waals surface area (Å²) in [5.74, 6) is 0.555. The van der Waals surface area contributed by atoms with E-state index in [0.29, 0.717) is 12.3 Å². The Morgan fingerprint density at radius 2 is 1.76 bits per heavy atom. The number of carbonyl (C=O) groups excluding carboxylic acids is 1. The normalized spacial score (nSPS) is 12.6. The summed E-state index contributed by atoms with van der Waals surface area (Å²) >= 11 is 0. The van der Waals surface area contributed by atoms with Gasteiger partial charge in [0, 0.05) is 6.42 Å². The Morgan fingerprint density at radius 3 is 2.47 bits per heavy atom. The fraction of sp³-hybridized carbons (Fsp3) is 0.312. The molecule has 0 spiro atoms. The second-order valence-corrected chi connectivity index (χ2v) is 4.92. The van der Waals surface area contributed by atoms with Gasteiger partial charge in [0.05, 0.1) is 0 Å². The van der Waals surface area contributed by atoms with Crippen LogP contribution >= 0.6 is 0 Å². The van der Waals surface area contributed by atoms with E-state index in [2.05, 4.69) is 50.2 Å². The van der Waals surface area contributed by atoms with Gasteiger partial charge >= 0.3 is 0 Å². The van der Waals surface area contributed by atoms with Crippen molar-refractivity contribution in [3.63, 3.8) is 0 Å². The second-order valence-electron chi connectivity index (χ2n) is 4.92. The van der Waals surface area contributed by atoms with E-state index < -0.39 is 0 Å². The van der Waals surface area contributed by atoms with E-state index in [4.69, 9.17) is 0 Å². The maximum atomic E-state index is 11.1. The zero-order valence-electron chi connectivity index (χ0n) is 10.7. The highest BCUT2D eigenvalue weighted by Crippen LogP contribution is 2.24. The van der Waals surface area contributed by atoms with Gasteiger partial charge in [0.15, 0.2) is 0 Å². The summed E-state index contributed by atoms with van der Waals surface area (Å²) < 4.78 is 0. The molecule has 2 aromatic carbocycles. The van der Waals surface area contributed by atoms with Gasteiger partial charge in [-0.15, -0.1) is 0 Å². The Kier molecular flexibility index (Phi) is 3.28. The number of benzene rings is 2. The number of rotatable bonds is 3. The average Bonchev–Trinajstić information content (AvgIpc) is 2.27. The molecule has 2 rings (SSSR count). The highest BCUT2D eigenvalue weighted by molar-refractivity contribution is 5.84. The number of ketones is 1. The van der Waals surface area contributed by atoms with Crippen molar-refractivity contribution in [2.24, 2.45) is 0 Å². The van der Waals surface area contributed by atoms with Gasteiger partial charge < -0.3 is 4.79 Å². The Morgan fingerprint density at radius 1 is 1.12 bits per heavy atom. The molecule has 0 amide bonds. The Bertz CT molecular complexity index is 554. The van der Waals surface area contributed by atoms with Gasteiger partial charge in [0.1, 0.15) is 5.78 Å². The molecule has 88 valence electrons. The van der Waals surface area contributed by atoms with E-state index in [-0.39, 0.29) is 5.78 Å². The maximum Gasteiger partial charge on any atom is 0.130 e. The quantitative estimate of drug-likeness (QED) is 0.765. The number of hydrogen-bond acceptors (Lipinski definition) is 1. The van der Waals surface area contributed by atoms with Gasteiger partial charge in [-0.1, -0.05) is 48.9 Å². The molecule has 0 aromatic heterocycles. The van der Waals surface area contributed by atoms with Gasteiger partial charge in [-0.2, -0.15) is 0 Å². The lowest BCUT2D eigenvalue weighted by molar-refractivity contribution is -0.117. The van der Waals surface area contributed by atoms with Crippen LogP contribution < -0.4 is 0 Å². The Balaban J connectivity index is 2.37. The van der Waals surface area contributed by atoms with Gasteiger partial charge in [0.25, 0.3) is 0 Å². The van der Waals surface area contributed by atoms with Crippen LogP contribution in [0.25, 0.3) is 10.8 Å². The lowest BCUT2D eigenvalue weighted by Gasteiger charge is -2.11. The van der Waals surface area contributed by atoms with Crippen LogP contribution in [0.5, 0.6) is 0 Å². The SMILES string of the molecule is CC(=O)C[C@H](C)c1ccc2cc(C)ccc2c1. The highest BCUT2D eigenvalue weighted by Gasteiger charge is 2.08. The zero-order valence-corrected chi connectivity index (χ0v) is 10.7. The topological polar surface area (TPSA) is 17.1 Å². The van der Waals surface area contributed by atoms with Crippen molar-refractivity contribution in [1.29, 1.82) is 0 Å². The third-order valence-corrected chi connectivity index (χ3v) is 3.18. The molecule has 2 aromatic rings. The molecule has 0 fully saturated rings. The van der Waals surface area contributed by atoms with Crippen molar-refractivity contribution in [2.45, 2.75) is 33.1 Å². The first kappa shape index (κ1) is 11.8. The number of fused-ring (bicyclic) bond motifs is 1. The molecule has 0 radical (unpaired) electrons. The van der Waals surface area contributed by atoms with E-state index in [9.17, 15) is 4.79 Å². The summed E-state index contributed by atoms with van der Waals surface area (Å²) in [6.07, 6.45) is 0.622. The predicted molar refractivity (Wildman–Crippen MR) is 72.4 cm³/mol. The number of aryl methyl sites for hydroxylation is 1. The molecule has 0 bridgehead atoms. The average molecular weight is 226 g/mol. The smallest absolute Gasteiger partial charge is 0.130 e. The molecular formula is C16H18O. The first-order valence-corrected chi connectivity index (χ1v) is 6.06. The molecule has 0 aliphatic rings. The molecule has 0 heterocycles. The first-order valence-electron chi connectivity index (χ1n) is 6.06. The van der Waals surface area contributed by atoms with Crippen LogP contribution in [-0.2, 0) is 4.79 Å². The molecule has 17 heavy (non-hydrogen) atoms. The van der Waals surface area contributed by atoms with Gasteiger partial charge in [-0.3, -0.25) is 0 Å². The van der Waals surface area contributed by atoms with E-state index in [1.807, 2.05) is 0 Å². The van der Waals surface area contributed by atoms with Crippen LogP contribution in [0.2, 0.25) is 0 Å². The molecule has 1 heteroatoms. The fourth-order valence-electron chi connectivity index (χ4n) is 2.24. The lowest BCUT2D eigenvalue weighted by atomic mass is 9.93. The molecule has 0 N–H and O–H groups in total. The number of Topliss-reactive ketones (excluding diaryl/α,β-unsaturated/α-hetero) is 1. The molecule has 1 atom stereocenters. The van der Waals surface area contributed by atoms with Gasteiger partial charge in [0.2, 0.25) is 0 Å². The minimum atomic E-state index is 0.251. The molecule has 0 saturated carbocycles. The van der Waals surface area contributed by atoms with Gasteiger partial charge in [-0.05, 0) is 36.1 Å². The molecular weight excluding hydrogens is 208 g/mol. The monoisotopic (exact) mass is 226 g/mol. The minimum Gasteiger partial charge on any atom is -0.300 e. The standard InChI is InChI=1S/C16H18O/c1-11-4-5-16-10-14(6-7-15(16)8-11)12(2)9-13(3)17/h4-8,10,12H,9H2,1-3H3/t12-/m0/s1. The summed E-state index contributed by atoms with van der Waals surface area (Å²) in [5, 5.41) is 2.52. The maximum absolute atomic E-state index is 11.1. The van der Waals surface area contributed by atoms with E-state index in [1.54, 1.807) is 6.92 Å². The predicted octanol–water partition coefficient (Wildman–Crippen LogP) is 4.23. The van der Waals surface area contributed by atoms with Crippen molar-refractivity contribution in [3.05, 3.63) is 47.5 Å². The van der Waals surface area contributed by atoms with Crippen LogP contribution in [-0.4, -0.2) is 5.78 Å². The zero-order chi connectivity index (χ0) is 12.4.